The first-order chi connectivity index (χ1) is 11.6. The van der Waals surface area contributed by atoms with Crippen molar-refractivity contribution in [2.75, 3.05) is 0 Å². The van der Waals surface area contributed by atoms with E-state index in [1.54, 1.807) is 26.0 Å². The van der Waals surface area contributed by atoms with Crippen LogP contribution in [0.4, 0.5) is 17.6 Å². The highest BCUT2D eigenvalue weighted by Crippen LogP contribution is 2.59. The Hall–Kier alpha value is -2.18. The van der Waals surface area contributed by atoms with Gasteiger partial charge in [0.15, 0.2) is 23.3 Å². The minimum absolute atomic E-state index is 0.180. The van der Waals surface area contributed by atoms with E-state index in [0.29, 0.717) is 6.29 Å². The van der Waals surface area contributed by atoms with E-state index in [0.717, 1.165) is 6.92 Å². The van der Waals surface area contributed by atoms with Crippen LogP contribution in [0.1, 0.15) is 31.4 Å². The van der Waals surface area contributed by atoms with Crippen molar-refractivity contribution in [1.29, 1.82) is 0 Å². The molecule has 0 aliphatic heterocycles. The zero-order valence-electron chi connectivity index (χ0n) is 14.0. The van der Waals surface area contributed by atoms with Crippen LogP contribution >= 0.6 is 0 Å². The Morgan fingerprint density at radius 3 is 2.20 bits per heavy atom. The molecular formula is C18H18F4O3. The van der Waals surface area contributed by atoms with Gasteiger partial charge in [0.2, 0.25) is 0 Å². The number of allylic oxidation sites excluding steroid dienone is 2. The lowest BCUT2D eigenvalue weighted by Crippen LogP contribution is -2.14. The van der Waals surface area contributed by atoms with Crippen molar-refractivity contribution in [3.63, 3.8) is 0 Å². The highest BCUT2D eigenvalue weighted by atomic mass is 19.2. The summed E-state index contributed by atoms with van der Waals surface area (Å²) in [4.78, 5) is 22.4. The molecule has 0 amide bonds. The SMILES string of the molecule is Cc1c(F)c(F)c(COC(=O)C2C(/C=C/CC=O)C2(C)C)c(F)c1F. The average Bonchev–Trinajstić information content (AvgIpc) is 3.12. The van der Waals surface area contributed by atoms with Crippen molar-refractivity contribution in [1.82, 2.24) is 0 Å². The number of carbonyl (C=O) groups is 2. The highest BCUT2D eigenvalue weighted by molar-refractivity contribution is 5.78. The molecule has 1 aromatic rings. The van der Waals surface area contributed by atoms with Crippen LogP contribution in [0.15, 0.2) is 12.2 Å². The van der Waals surface area contributed by atoms with Gasteiger partial charge in [0.25, 0.3) is 0 Å². The molecule has 0 spiro atoms. The molecule has 2 atom stereocenters. The number of esters is 1. The highest BCUT2D eigenvalue weighted by Gasteiger charge is 2.61. The van der Waals surface area contributed by atoms with E-state index in [9.17, 15) is 27.2 Å². The van der Waals surface area contributed by atoms with Crippen molar-refractivity contribution >= 4 is 12.3 Å². The fraction of sp³-hybridized carbons (Fsp3) is 0.444. The number of ether oxygens (including phenoxy) is 1. The second-order valence-corrected chi connectivity index (χ2v) is 6.62. The summed E-state index contributed by atoms with van der Waals surface area (Å²) in [5, 5.41) is 0. The maximum atomic E-state index is 13.8. The molecule has 2 unspecified atom stereocenters. The number of carbonyl (C=O) groups excluding carboxylic acids is 2. The van der Waals surface area contributed by atoms with Gasteiger partial charge in [-0.1, -0.05) is 26.0 Å². The van der Waals surface area contributed by atoms with Crippen molar-refractivity contribution in [2.45, 2.75) is 33.8 Å². The molecule has 1 aliphatic carbocycles. The second kappa shape index (κ2) is 6.98. The number of rotatable bonds is 6. The lowest BCUT2D eigenvalue weighted by atomic mass is 10.1. The molecule has 0 saturated heterocycles. The summed E-state index contributed by atoms with van der Waals surface area (Å²) in [6.45, 7) is 3.63. The van der Waals surface area contributed by atoms with E-state index in [-0.39, 0.29) is 12.3 Å². The van der Waals surface area contributed by atoms with Gasteiger partial charge in [0.05, 0.1) is 11.5 Å². The third-order valence-electron chi connectivity index (χ3n) is 4.67. The molecule has 7 heteroatoms. The Kier molecular flexibility index (Phi) is 5.34. The van der Waals surface area contributed by atoms with Gasteiger partial charge in [-0.15, -0.1) is 0 Å². The quantitative estimate of drug-likeness (QED) is 0.254. The summed E-state index contributed by atoms with van der Waals surface area (Å²) in [5.74, 6) is -7.60. The van der Waals surface area contributed by atoms with Crippen molar-refractivity contribution in [3.05, 3.63) is 46.5 Å². The molecule has 0 aromatic heterocycles. The van der Waals surface area contributed by atoms with E-state index < -0.39 is 58.3 Å². The smallest absolute Gasteiger partial charge is 0.310 e. The molecule has 0 N–H and O–H groups in total. The molecule has 0 radical (unpaired) electrons. The number of hydrogen-bond donors (Lipinski definition) is 0. The Balaban J connectivity index is 2.10. The van der Waals surface area contributed by atoms with Crippen molar-refractivity contribution < 1.29 is 31.9 Å². The number of hydrogen-bond acceptors (Lipinski definition) is 3. The standard InChI is InChI=1S/C18H18F4O3/c1-9-13(19)15(21)10(16(22)14(9)20)8-25-17(24)12-11(18(12,2)3)6-4-5-7-23/h4,6-7,11-12H,5,8H2,1-3H3/b6-4+. The molecule has 25 heavy (non-hydrogen) atoms. The average molecular weight is 358 g/mol. The molecule has 2 rings (SSSR count). The number of benzene rings is 1. The van der Waals surface area contributed by atoms with Gasteiger partial charge < -0.3 is 9.53 Å². The lowest BCUT2D eigenvalue weighted by molar-refractivity contribution is -0.147. The monoisotopic (exact) mass is 358 g/mol. The van der Waals surface area contributed by atoms with E-state index in [4.69, 9.17) is 4.74 Å². The molecule has 1 aliphatic rings. The predicted octanol–water partition coefficient (Wildman–Crippen LogP) is 4.01. The Morgan fingerprint density at radius 1 is 1.12 bits per heavy atom. The summed E-state index contributed by atoms with van der Waals surface area (Å²) in [6.07, 6.45) is 4.27. The Morgan fingerprint density at radius 2 is 1.68 bits per heavy atom. The number of aldehydes is 1. The second-order valence-electron chi connectivity index (χ2n) is 6.62. The first kappa shape index (κ1) is 19.1. The van der Waals surface area contributed by atoms with Crippen LogP contribution in [0, 0.1) is 47.4 Å². The van der Waals surface area contributed by atoms with Gasteiger partial charge in [0.1, 0.15) is 12.9 Å². The molecule has 0 heterocycles. The fourth-order valence-corrected chi connectivity index (χ4v) is 2.91. The first-order valence-corrected chi connectivity index (χ1v) is 7.72. The predicted molar refractivity (Wildman–Crippen MR) is 81.4 cm³/mol. The van der Waals surface area contributed by atoms with Gasteiger partial charge in [-0.05, 0) is 18.3 Å². The van der Waals surface area contributed by atoms with Crippen molar-refractivity contribution in [2.24, 2.45) is 17.3 Å². The minimum Gasteiger partial charge on any atom is -0.460 e. The fourth-order valence-electron chi connectivity index (χ4n) is 2.91. The van der Waals surface area contributed by atoms with E-state index >= 15 is 0 Å². The molecule has 0 bridgehead atoms. The van der Waals surface area contributed by atoms with Crippen LogP contribution in [0.5, 0.6) is 0 Å². The van der Waals surface area contributed by atoms with Crippen LogP contribution in [0.2, 0.25) is 0 Å². The van der Waals surface area contributed by atoms with E-state index in [1.807, 2.05) is 0 Å². The van der Waals surface area contributed by atoms with Crippen LogP contribution in [0.3, 0.4) is 0 Å². The zero-order chi connectivity index (χ0) is 18.9. The van der Waals surface area contributed by atoms with Gasteiger partial charge in [-0.2, -0.15) is 0 Å². The van der Waals surface area contributed by atoms with Crippen LogP contribution in [-0.2, 0) is 20.9 Å². The number of halogens is 4. The van der Waals surface area contributed by atoms with Crippen molar-refractivity contribution in [3.8, 4) is 0 Å². The summed E-state index contributed by atoms with van der Waals surface area (Å²) >= 11 is 0. The molecule has 1 saturated carbocycles. The molecule has 1 aromatic carbocycles. The first-order valence-electron chi connectivity index (χ1n) is 7.72. The lowest BCUT2D eigenvalue weighted by Gasteiger charge is -2.10. The normalized spacial score (nSPS) is 21.4. The van der Waals surface area contributed by atoms with Crippen LogP contribution < -0.4 is 0 Å². The molecule has 1 fully saturated rings. The Bertz CT molecular complexity index is 711. The summed E-state index contributed by atoms with van der Waals surface area (Å²) < 4.78 is 59.5. The van der Waals surface area contributed by atoms with Gasteiger partial charge in [-0.25, -0.2) is 17.6 Å². The zero-order valence-corrected chi connectivity index (χ0v) is 14.0. The maximum Gasteiger partial charge on any atom is 0.310 e. The third-order valence-corrected chi connectivity index (χ3v) is 4.67. The van der Waals surface area contributed by atoms with Gasteiger partial charge >= 0.3 is 5.97 Å². The topological polar surface area (TPSA) is 43.4 Å². The molecule has 136 valence electrons. The van der Waals surface area contributed by atoms with E-state index in [1.165, 1.54) is 0 Å². The van der Waals surface area contributed by atoms with Gasteiger partial charge in [0, 0.05) is 12.0 Å². The van der Waals surface area contributed by atoms with Crippen LogP contribution in [0.25, 0.3) is 0 Å². The summed E-state index contributed by atoms with van der Waals surface area (Å²) in [6, 6.07) is 0. The molecular weight excluding hydrogens is 340 g/mol. The maximum absolute atomic E-state index is 13.8. The largest absolute Gasteiger partial charge is 0.460 e. The minimum atomic E-state index is -1.57. The molecule has 3 nitrogen and oxygen atoms in total. The van der Waals surface area contributed by atoms with Gasteiger partial charge in [-0.3, -0.25) is 4.79 Å². The third kappa shape index (κ3) is 3.45. The van der Waals surface area contributed by atoms with E-state index in [2.05, 4.69) is 0 Å². The summed E-state index contributed by atoms with van der Waals surface area (Å²) in [5.41, 5.74) is -2.16. The Labute approximate surface area is 142 Å². The summed E-state index contributed by atoms with van der Waals surface area (Å²) in [7, 11) is 0. The van der Waals surface area contributed by atoms with Crippen LogP contribution in [-0.4, -0.2) is 12.3 Å².